The first-order valence-electron chi connectivity index (χ1n) is 10.4. The van der Waals surface area contributed by atoms with Gasteiger partial charge in [0.1, 0.15) is 0 Å². The zero-order valence-corrected chi connectivity index (χ0v) is 19.0. The maximum atomic E-state index is 12.8. The van der Waals surface area contributed by atoms with Gasteiger partial charge in [-0.2, -0.15) is 0 Å². The van der Waals surface area contributed by atoms with Gasteiger partial charge in [0.05, 0.1) is 4.90 Å². The third-order valence-corrected chi connectivity index (χ3v) is 7.11. The summed E-state index contributed by atoms with van der Waals surface area (Å²) in [7, 11) is -3.74. The molecule has 3 rings (SSSR count). The summed E-state index contributed by atoms with van der Waals surface area (Å²) in [6.45, 7) is 7.28. The van der Waals surface area contributed by atoms with Crippen molar-refractivity contribution < 1.29 is 18.0 Å². The number of nitrogens with one attached hydrogen (secondary N) is 2. The third-order valence-electron chi connectivity index (χ3n) is 5.71. The first kappa shape index (κ1) is 22.8. The second kappa shape index (κ2) is 9.51. The van der Waals surface area contributed by atoms with E-state index in [4.69, 9.17) is 0 Å². The molecule has 0 aliphatic carbocycles. The zero-order chi connectivity index (χ0) is 22.6. The van der Waals surface area contributed by atoms with Crippen molar-refractivity contribution in [3.8, 4) is 0 Å². The van der Waals surface area contributed by atoms with Crippen LogP contribution >= 0.6 is 0 Å². The van der Waals surface area contributed by atoms with Gasteiger partial charge in [0.15, 0.2) is 0 Å². The SMILES string of the molecule is CC(=O)NCC1CCN(C(=O)c2ccc(S(=O)(=O)Nc3ccc(C)c(C)c3)cc2)CC1. The summed E-state index contributed by atoms with van der Waals surface area (Å²) in [5.41, 5.74) is 3.06. The highest BCUT2D eigenvalue weighted by molar-refractivity contribution is 7.92. The number of anilines is 1. The molecule has 7 nitrogen and oxygen atoms in total. The van der Waals surface area contributed by atoms with Gasteiger partial charge in [-0.05, 0) is 80.1 Å². The highest BCUT2D eigenvalue weighted by atomic mass is 32.2. The minimum atomic E-state index is -3.74. The van der Waals surface area contributed by atoms with Gasteiger partial charge < -0.3 is 10.2 Å². The standard InChI is InChI=1S/C23H29N3O4S/c1-16-4-7-21(14-17(16)2)25-31(29,30)22-8-5-20(6-9-22)23(28)26-12-10-19(11-13-26)15-24-18(3)27/h4-9,14,19,25H,10-13,15H2,1-3H3,(H,24,27). The fourth-order valence-electron chi connectivity index (χ4n) is 3.61. The van der Waals surface area contributed by atoms with Crippen LogP contribution in [-0.4, -0.2) is 44.8 Å². The van der Waals surface area contributed by atoms with Crippen molar-refractivity contribution in [1.29, 1.82) is 0 Å². The fraction of sp³-hybridized carbons (Fsp3) is 0.391. The number of rotatable bonds is 6. The second-order valence-corrected chi connectivity index (χ2v) is 9.78. The van der Waals surface area contributed by atoms with Crippen LogP contribution in [0.5, 0.6) is 0 Å². The monoisotopic (exact) mass is 443 g/mol. The lowest BCUT2D eigenvalue weighted by atomic mass is 9.96. The van der Waals surface area contributed by atoms with Gasteiger partial charge in [0, 0.05) is 37.8 Å². The molecule has 8 heteroatoms. The molecule has 1 saturated heterocycles. The van der Waals surface area contributed by atoms with Gasteiger partial charge in [-0.25, -0.2) is 8.42 Å². The Morgan fingerprint density at radius 1 is 1.00 bits per heavy atom. The Balaban J connectivity index is 1.62. The number of hydrogen-bond acceptors (Lipinski definition) is 4. The number of piperidine rings is 1. The maximum Gasteiger partial charge on any atom is 0.261 e. The van der Waals surface area contributed by atoms with E-state index in [1.54, 1.807) is 29.2 Å². The van der Waals surface area contributed by atoms with E-state index in [0.29, 0.717) is 36.8 Å². The first-order chi connectivity index (χ1) is 14.7. The van der Waals surface area contributed by atoms with E-state index in [1.165, 1.54) is 19.1 Å². The Hall–Kier alpha value is -2.87. The molecule has 1 aliphatic rings. The third kappa shape index (κ3) is 5.85. The van der Waals surface area contributed by atoms with Crippen molar-refractivity contribution in [3.63, 3.8) is 0 Å². The molecule has 0 unspecified atom stereocenters. The molecule has 2 N–H and O–H groups in total. The number of aryl methyl sites for hydroxylation is 2. The van der Waals surface area contributed by atoms with Crippen molar-refractivity contribution in [3.05, 3.63) is 59.2 Å². The highest BCUT2D eigenvalue weighted by Gasteiger charge is 2.24. The van der Waals surface area contributed by atoms with E-state index in [0.717, 1.165) is 24.0 Å². The largest absolute Gasteiger partial charge is 0.356 e. The number of carbonyl (C=O) groups is 2. The summed E-state index contributed by atoms with van der Waals surface area (Å²) >= 11 is 0. The van der Waals surface area contributed by atoms with Crippen molar-refractivity contribution in [2.45, 2.75) is 38.5 Å². The Morgan fingerprint density at radius 2 is 1.65 bits per heavy atom. The molecular weight excluding hydrogens is 414 g/mol. The van der Waals surface area contributed by atoms with Crippen molar-refractivity contribution in [2.75, 3.05) is 24.4 Å². The van der Waals surface area contributed by atoms with Crippen LogP contribution in [0.3, 0.4) is 0 Å². The van der Waals surface area contributed by atoms with Crippen molar-refractivity contribution >= 4 is 27.5 Å². The van der Waals surface area contributed by atoms with E-state index in [2.05, 4.69) is 10.0 Å². The number of likely N-dealkylation sites (tertiary alicyclic amines) is 1. The van der Waals surface area contributed by atoms with E-state index in [-0.39, 0.29) is 16.7 Å². The average Bonchev–Trinajstić information content (AvgIpc) is 2.74. The minimum Gasteiger partial charge on any atom is -0.356 e. The lowest BCUT2D eigenvalue weighted by Gasteiger charge is -2.32. The molecule has 0 saturated carbocycles. The molecule has 0 bridgehead atoms. The number of benzene rings is 2. The van der Waals surface area contributed by atoms with Crippen LogP contribution < -0.4 is 10.0 Å². The summed E-state index contributed by atoms with van der Waals surface area (Å²) in [5, 5.41) is 2.83. The number of amides is 2. The van der Waals surface area contributed by atoms with Crippen LogP contribution in [0, 0.1) is 19.8 Å². The lowest BCUT2D eigenvalue weighted by molar-refractivity contribution is -0.119. The van der Waals surface area contributed by atoms with E-state index < -0.39 is 10.0 Å². The Bertz CT molecular complexity index is 1060. The Morgan fingerprint density at radius 3 is 2.23 bits per heavy atom. The molecule has 0 aromatic heterocycles. The van der Waals surface area contributed by atoms with Crippen LogP contribution in [0.4, 0.5) is 5.69 Å². The van der Waals surface area contributed by atoms with Crippen LogP contribution in [0.15, 0.2) is 47.4 Å². The van der Waals surface area contributed by atoms with Gasteiger partial charge >= 0.3 is 0 Å². The summed E-state index contributed by atoms with van der Waals surface area (Å²) in [6.07, 6.45) is 1.66. The molecule has 2 aromatic rings. The molecule has 2 aromatic carbocycles. The highest BCUT2D eigenvalue weighted by Crippen LogP contribution is 2.21. The molecule has 0 radical (unpaired) electrons. The first-order valence-corrected chi connectivity index (χ1v) is 11.9. The van der Waals surface area contributed by atoms with E-state index in [1.807, 2.05) is 19.9 Å². The van der Waals surface area contributed by atoms with Crippen LogP contribution in [0.25, 0.3) is 0 Å². The topological polar surface area (TPSA) is 95.6 Å². The van der Waals surface area contributed by atoms with Crippen molar-refractivity contribution in [2.24, 2.45) is 5.92 Å². The van der Waals surface area contributed by atoms with Gasteiger partial charge in [-0.3, -0.25) is 14.3 Å². The normalized spacial score (nSPS) is 14.9. The van der Waals surface area contributed by atoms with E-state index in [9.17, 15) is 18.0 Å². The predicted molar refractivity (Wildman–Crippen MR) is 120 cm³/mol. The summed E-state index contributed by atoms with van der Waals surface area (Å²) in [4.78, 5) is 25.7. The lowest BCUT2D eigenvalue weighted by Crippen LogP contribution is -2.41. The summed E-state index contributed by atoms with van der Waals surface area (Å²) < 4.78 is 28.0. The molecule has 166 valence electrons. The molecule has 0 spiro atoms. The van der Waals surface area contributed by atoms with E-state index >= 15 is 0 Å². The molecule has 1 fully saturated rings. The summed E-state index contributed by atoms with van der Waals surface area (Å²) in [6, 6.07) is 11.4. The average molecular weight is 444 g/mol. The van der Waals surface area contributed by atoms with Crippen LogP contribution in [-0.2, 0) is 14.8 Å². The van der Waals surface area contributed by atoms with Gasteiger partial charge in [-0.15, -0.1) is 0 Å². The number of carbonyl (C=O) groups excluding carboxylic acids is 2. The van der Waals surface area contributed by atoms with Crippen LogP contribution in [0.1, 0.15) is 41.3 Å². The minimum absolute atomic E-state index is 0.0412. The number of hydrogen-bond donors (Lipinski definition) is 2. The molecule has 31 heavy (non-hydrogen) atoms. The molecule has 0 atom stereocenters. The maximum absolute atomic E-state index is 12.8. The smallest absolute Gasteiger partial charge is 0.261 e. The van der Waals surface area contributed by atoms with Gasteiger partial charge in [0.2, 0.25) is 5.91 Å². The number of sulfonamides is 1. The molecular formula is C23H29N3O4S. The molecule has 1 heterocycles. The summed E-state index contributed by atoms with van der Waals surface area (Å²) in [5.74, 6) is 0.224. The predicted octanol–water partition coefficient (Wildman–Crippen LogP) is 3.09. The quantitative estimate of drug-likeness (QED) is 0.717. The zero-order valence-electron chi connectivity index (χ0n) is 18.1. The fourth-order valence-corrected chi connectivity index (χ4v) is 4.66. The van der Waals surface area contributed by atoms with Gasteiger partial charge in [-0.1, -0.05) is 6.07 Å². The molecule has 2 amide bonds. The second-order valence-electron chi connectivity index (χ2n) is 8.10. The van der Waals surface area contributed by atoms with Gasteiger partial charge in [0.25, 0.3) is 15.9 Å². The Labute approximate surface area is 183 Å². The Kier molecular flexibility index (Phi) is 7.00. The number of nitrogens with zero attached hydrogens (tertiary/aromatic N) is 1. The molecule has 1 aliphatic heterocycles. The van der Waals surface area contributed by atoms with Crippen LogP contribution in [0.2, 0.25) is 0 Å². The van der Waals surface area contributed by atoms with Crippen molar-refractivity contribution in [1.82, 2.24) is 10.2 Å².